The number of piperidine rings is 2. The average Bonchev–Trinajstić information content (AvgIpc) is 1.64. The second kappa shape index (κ2) is 48.2. The van der Waals surface area contributed by atoms with Crippen LogP contribution in [0.5, 0.6) is 46.0 Å². The second-order valence-electron chi connectivity index (χ2n) is 36.8. The van der Waals surface area contributed by atoms with E-state index in [0.29, 0.717) is 110 Å². The van der Waals surface area contributed by atoms with Gasteiger partial charge in [-0.3, -0.25) is 19.2 Å². The topological polar surface area (TPSA) is 324 Å². The van der Waals surface area contributed by atoms with Gasteiger partial charge < -0.3 is 78.8 Å². The van der Waals surface area contributed by atoms with Crippen molar-refractivity contribution >= 4 is 69.0 Å². The number of pyridine rings is 4. The number of ether oxygens (including phenoxy) is 8. The van der Waals surface area contributed by atoms with Crippen molar-refractivity contribution < 1.29 is 57.1 Å². The number of aromatic nitrogens is 12. The number of carbonyl (C=O) groups excluding carboxylic acids is 4. The van der Waals surface area contributed by atoms with Crippen LogP contribution < -0.4 is 59.2 Å². The van der Waals surface area contributed by atoms with E-state index < -0.39 is 0 Å². The van der Waals surface area contributed by atoms with Crippen molar-refractivity contribution in [1.29, 1.82) is 0 Å². The van der Waals surface area contributed by atoms with Crippen LogP contribution in [-0.4, -0.2) is 233 Å². The van der Waals surface area contributed by atoms with E-state index in [2.05, 4.69) is 68.6 Å². The summed E-state index contributed by atoms with van der Waals surface area (Å²) in [6.45, 7) is 24.3. The van der Waals surface area contributed by atoms with Gasteiger partial charge in [0.25, 0.3) is 0 Å². The lowest BCUT2D eigenvalue weighted by Gasteiger charge is -2.25. The van der Waals surface area contributed by atoms with Crippen LogP contribution in [0.1, 0.15) is 137 Å². The van der Waals surface area contributed by atoms with Crippen molar-refractivity contribution in [3.05, 3.63) is 288 Å². The van der Waals surface area contributed by atoms with Gasteiger partial charge in [0.2, 0.25) is 23.6 Å². The number of likely N-dealkylation sites (tertiary alicyclic amines) is 2. The van der Waals surface area contributed by atoms with E-state index in [0.717, 1.165) is 255 Å². The van der Waals surface area contributed by atoms with Gasteiger partial charge in [-0.1, -0.05) is 113 Å². The van der Waals surface area contributed by atoms with Crippen molar-refractivity contribution in [3.8, 4) is 91.0 Å². The molecule has 32 heteroatoms. The van der Waals surface area contributed by atoms with Crippen LogP contribution in [0.3, 0.4) is 0 Å². The van der Waals surface area contributed by atoms with E-state index in [9.17, 15) is 19.2 Å². The minimum atomic E-state index is 0.0222. The van der Waals surface area contributed by atoms with Gasteiger partial charge in [0.1, 0.15) is 52.9 Å². The van der Waals surface area contributed by atoms with Crippen LogP contribution in [0.25, 0.3) is 67.6 Å². The number of hydrogen-bond acceptors (Lipinski definition) is 24. The van der Waals surface area contributed by atoms with Crippen molar-refractivity contribution in [2.75, 3.05) is 153 Å². The third-order valence-electron chi connectivity index (χ3n) is 26.6. The molecule has 752 valence electrons. The Morgan fingerprint density at radius 1 is 0.274 bits per heavy atom. The maximum atomic E-state index is 12.5. The van der Waals surface area contributed by atoms with Crippen LogP contribution in [0, 0.1) is 0 Å². The zero-order valence-corrected chi connectivity index (χ0v) is 83.2. The lowest BCUT2D eigenvalue weighted by molar-refractivity contribution is -0.117. The fraction of sp³-hybridized carbons (Fsp3) is 0.333. The summed E-state index contributed by atoms with van der Waals surface area (Å²) in [5.41, 5.74) is 18.3. The molecule has 4 amide bonds. The van der Waals surface area contributed by atoms with E-state index in [-0.39, 0.29) is 23.6 Å². The number of nitrogens with zero attached hydrogens (tertiary/aromatic N) is 16. The van der Waals surface area contributed by atoms with Gasteiger partial charge in [-0.25, -0.2) is 38.0 Å². The van der Waals surface area contributed by atoms with Crippen molar-refractivity contribution in [2.24, 2.45) is 0 Å². The van der Waals surface area contributed by atoms with Crippen LogP contribution in [0.15, 0.2) is 243 Å². The molecule has 6 aliphatic rings. The third kappa shape index (κ3) is 25.7. The summed E-state index contributed by atoms with van der Waals surface area (Å²) in [4.78, 5) is 77.8. The molecule has 14 heterocycles. The predicted octanol–water partition coefficient (Wildman–Crippen LogP) is 18.0. The quantitative estimate of drug-likeness (QED) is 0.0304. The molecular formula is C114H124N20O12. The Labute approximate surface area is 848 Å². The Morgan fingerprint density at radius 3 is 0.836 bits per heavy atom. The summed E-state index contributed by atoms with van der Waals surface area (Å²) in [7, 11) is 0. The highest BCUT2D eigenvalue weighted by Gasteiger charge is 2.25. The normalized spacial score (nSPS) is 14.2. The SMILES string of the molecule is CCN(CC)CCC(=O)Nc1ccc(Cc2nc3cccc(-c4ccc5c(c4)OCCO5)n3n2)cc1.CCN(CC)CCC(=O)Nc1cccc(Cc2nc3cccc(-c4ccc5c(c4)OCCO5)n3n2)c1.O=C(CCN1CCCCC1)Nc1ccc(Cc2nc3cccc(-c4ccc5c(c4)OCCO5)n3n2)cc1.O=C(CCN1CCCCC1)Nc1cccc(Cc2nc3cccc(-c4ccc5c(c4)OCCO5)n3n2)c1. The molecule has 0 atom stereocenters. The molecule has 6 aliphatic heterocycles. The van der Waals surface area contributed by atoms with Crippen LogP contribution in [0.4, 0.5) is 22.7 Å². The highest BCUT2D eigenvalue weighted by molar-refractivity contribution is 5.93. The molecule has 16 aromatic rings. The summed E-state index contributed by atoms with van der Waals surface area (Å²) in [5.74, 6) is 9.11. The highest BCUT2D eigenvalue weighted by atomic mass is 16.6. The minimum Gasteiger partial charge on any atom is -0.486 e. The van der Waals surface area contributed by atoms with E-state index in [4.69, 9.17) is 78.2 Å². The van der Waals surface area contributed by atoms with Crippen molar-refractivity contribution in [1.82, 2.24) is 78.0 Å². The minimum absolute atomic E-state index is 0.0222. The lowest BCUT2D eigenvalue weighted by atomic mass is 10.1. The number of hydrogen-bond donors (Lipinski definition) is 4. The maximum Gasteiger partial charge on any atom is 0.225 e. The van der Waals surface area contributed by atoms with Crippen LogP contribution >= 0.6 is 0 Å². The average molecular weight is 1970 g/mol. The van der Waals surface area contributed by atoms with Gasteiger partial charge in [0.15, 0.2) is 91.9 Å². The number of rotatable bonds is 32. The first-order valence-corrected chi connectivity index (χ1v) is 51.1. The first-order valence-electron chi connectivity index (χ1n) is 51.1. The number of carbonyl (C=O) groups is 4. The summed E-state index contributed by atoms with van der Waals surface area (Å²) < 4.78 is 53.1. The lowest BCUT2D eigenvalue weighted by Crippen LogP contribution is -2.32. The fourth-order valence-corrected chi connectivity index (χ4v) is 18.8. The molecule has 32 nitrogen and oxygen atoms in total. The third-order valence-corrected chi connectivity index (χ3v) is 26.6. The molecule has 2 saturated heterocycles. The maximum absolute atomic E-state index is 12.5. The molecule has 0 spiro atoms. The Hall–Kier alpha value is -15.6. The molecule has 0 aliphatic carbocycles. The molecule has 2 fully saturated rings. The van der Waals surface area contributed by atoms with Crippen LogP contribution in [0.2, 0.25) is 0 Å². The second-order valence-corrected chi connectivity index (χ2v) is 36.8. The summed E-state index contributed by atoms with van der Waals surface area (Å²) in [6, 6.07) is 79.2. The number of benzene rings is 8. The number of anilines is 4. The standard InChI is InChI=1S/2C29H31N5O3.2C28H31N5O3/c35-29(12-15-33-13-2-1-3-14-33)30-23-7-4-6-21(18-23)19-27-31-28-9-5-8-24(34(28)32-27)22-10-11-25-26(20-22)37-17-16-36-25;35-29(13-16-33-14-2-1-3-15-33)30-23-10-7-21(8-11-23)19-27-31-28-6-4-5-24(34(28)32-27)22-9-12-25-26(20-22)37-18-17-36-25;1-3-32(4-2)14-13-28(34)29-22-8-5-7-20(17-22)18-26-30-27-10-6-9-23(33(27)31-26)21-11-12-24-25(19-21)36-16-15-35-24;1-3-32(4-2)15-14-28(34)29-22-11-8-20(9-12-22)18-26-30-27-7-5-6-23(33(27)31-26)21-10-13-24-25(19-21)36-17-16-35-24/h4-11,18,20H,1-3,12-17,19H2,(H,30,35);4-12,20H,1-3,13-19H2,(H,30,35);5-12,17,19H,3-4,13-16,18H2,1-2H3,(H,29,34);5-13,19H,3-4,14-18H2,1-2H3,(H,29,34). The Balaban J connectivity index is 0.000000123. The van der Waals surface area contributed by atoms with E-state index in [1.807, 2.05) is 261 Å². The predicted molar refractivity (Wildman–Crippen MR) is 564 cm³/mol. The number of nitrogens with one attached hydrogen (secondary N) is 4. The van der Waals surface area contributed by atoms with Crippen LogP contribution in [-0.2, 0) is 44.9 Å². The number of amides is 4. The van der Waals surface area contributed by atoms with Crippen molar-refractivity contribution in [3.63, 3.8) is 0 Å². The molecule has 0 unspecified atom stereocenters. The molecule has 0 bridgehead atoms. The van der Waals surface area contributed by atoms with E-state index >= 15 is 0 Å². The van der Waals surface area contributed by atoms with E-state index in [1.54, 1.807) is 0 Å². The molecule has 0 saturated carbocycles. The Bertz CT molecular complexity index is 7210. The molecule has 146 heavy (non-hydrogen) atoms. The monoisotopic (exact) mass is 1960 g/mol. The zero-order chi connectivity index (χ0) is 99.9. The number of fused-ring (bicyclic) bond motifs is 8. The largest absolute Gasteiger partial charge is 0.486 e. The molecule has 4 N–H and O–H groups in total. The highest BCUT2D eigenvalue weighted by Crippen LogP contribution is 2.40. The van der Waals surface area contributed by atoms with Gasteiger partial charge in [0, 0.05) is 123 Å². The molecular weight excluding hydrogens is 1840 g/mol. The van der Waals surface area contributed by atoms with E-state index in [1.165, 1.54) is 38.5 Å². The molecule has 8 aromatic carbocycles. The fourth-order valence-electron chi connectivity index (χ4n) is 18.8. The first-order chi connectivity index (χ1) is 71.7. The van der Waals surface area contributed by atoms with Gasteiger partial charge in [-0.05, 0) is 270 Å². The van der Waals surface area contributed by atoms with Crippen molar-refractivity contribution in [2.45, 2.75) is 118 Å². The van der Waals surface area contributed by atoms with Gasteiger partial charge in [-0.15, -0.1) is 0 Å². The molecule has 0 radical (unpaired) electrons. The Kier molecular flexibility index (Phi) is 32.7. The molecule has 8 aromatic heterocycles. The smallest absolute Gasteiger partial charge is 0.225 e. The summed E-state index contributed by atoms with van der Waals surface area (Å²) >= 11 is 0. The van der Waals surface area contributed by atoms with Gasteiger partial charge in [-0.2, -0.15) is 20.4 Å². The van der Waals surface area contributed by atoms with Gasteiger partial charge in [0.05, 0.1) is 22.8 Å². The summed E-state index contributed by atoms with van der Waals surface area (Å²) in [5, 5.41) is 31.3. The Morgan fingerprint density at radius 2 is 0.541 bits per heavy atom. The first kappa shape index (κ1) is 99.1. The summed E-state index contributed by atoms with van der Waals surface area (Å²) in [6.07, 6.45) is 11.9. The molecule has 22 rings (SSSR count). The zero-order valence-electron chi connectivity index (χ0n) is 83.2. The van der Waals surface area contributed by atoms with Gasteiger partial charge >= 0.3 is 0 Å².